The number of rotatable bonds is 9. The Labute approximate surface area is 193 Å². The summed E-state index contributed by atoms with van der Waals surface area (Å²) in [5, 5.41) is 16.6. The average molecular weight is 529 g/mol. The molecule has 0 aromatic heterocycles. The van der Waals surface area contributed by atoms with Gasteiger partial charge in [-0.3, -0.25) is 4.99 Å². The summed E-state index contributed by atoms with van der Waals surface area (Å²) in [5.41, 5.74) is 2.53. The van der Waals surface area contributed by atoms with Crippen molar-refractivity contribution in [3.63, 3.8) is 0 Å². The molecule has 1 atom stereocenters. The molecule has 0 amide bonds. The lowest BCUT2D eigenvalue weighted by Crippen LogP contribution is -2.39. The number of aliphatic hydroxyl groups excluding tert-OH is 1. The van der Waals surface area contributed by atoms with E-state index in [0.29, 0.717) is 11.7 Å². The van der Waals surface area contributed by atoms with Gasteiger partial charge < -0.3 is 25.2 Å². The summed E-state index contributed by atoms with van der Waals surface area (Å²) in [4.78, 5) is 4.41. The fourth-order valence-electron chi connectivity index (χ4n) is 3.04. The highest BCUT2D eigenvalue weighted by Gasteiger charge is 2.12. The van der Waals surface area contributed by atoms with Crippen LogP contribution in [0.4, 0.5) is 4.39 Å². The molecule has 0 spiro atoms. The molecule has 0 radical (unpaired) electrons. The molecule has 1 aliphatic rings. The van der Waals surface area contributed by atoms with E-state index in [1.165, 1.54) is 35.4 Å². The lowest BCUT2D eigenvalue weighted by molar-refractivity contribution is 0.114. The van der Waals surface area contributed by atoms with Crippen molar-refractivity contribution in [1.82, 2.24) is 10.6 Å². The second-order valence-corrected chi connectivity index (χ2v) is 6.86. The van der Waals surface area contributed by atoms with Crippen molar-refractivity contribution in [1.29, 1.82) is 0 Å². The minimum atomic E-state index is -0.757. The van der Waals surface area contributed by atoms with Gasteiger partial charge in [0.05, 0.1) is 13.2 Å². The number of guanidine groups is 1. The molecule has 0 fully saturated rings. The zero-order valence-corrected chi connectivity index (χ0v) is 19.4. The Balaban J connectivity index is 0.00000320. The van der Waals surface area contributed by atoms with Gasteiger partial charge in [-0.25, -0.2) is 4.39 Å². The molecule has 1 unspecified atom stereocenters. The van der Waals surface area contributed by atoms with Crippen molar-refractivity contribution in [2.75, 3.05) is 32.8 Å². The van der Waals surface area contributed by atoms with E-state index < -0.39 is 6.10 Å². The summed E-state index contributed by atoms with van der Waals surface area (Å²) >= 11 is 0. The quantitative estimate of drug-likeness (QED) is 0.265. The second kappa shape index (κ2) is 12.6. The van der Waals surface area contributed by atoms with Gasteiger partial charge in [0.25, 0.3) is 0 Å². The van der Waals surface area contributed by atoms with Crippen LogP contribution in [0.3, 0.4) is 0 Å². The first kappa shape index (κ1) is 24.2. The highest BCUT2D eigenvalue weighted by molar-refractivity contribution is 14.0. The van der Waals surface area contributed by atoms with Crippen LogP contribution < -0.4 is 20.1 Å². The third-order valence-corrected chi connectivity index (χ3v) is 4.52. The normalized spacial score (nSPS) is 13.6. The number of ether oxygens (including phenoxy) is 2. The van der Waals surface area contributed by atoms with Gasteiger partial charge in [-0.1, -0.05) is 12.1 Å². The standard InChI is InChI=1S/C22H28FN3O3.HI/c1-2-24-22(25-11-9-16-3-8-21-17(13-16)10-12-28-21)26-14-19(27)15-29-20-6-4-18(23)5-7-20;/h3-8,13,19,27H,2,9-12,14-15H2,1H3,(H2,24,25,26);1H. The number of hydrogen-bond donors (Lipinski definition) is 3. The topological polar surface area (TPSA) is 75.1 Å². The monoisotopic (exact) mass is 529 g/mol. The van der Waals surface area contributed by atoms with Gasteiger partial charge in [-0.05, 0) is 54.8 Å². The van der Waals surface area contributed by atoms with Gasteiger partial charge in [0.1, 0.15) is 30.0 Å². The van der Waals surface area contributed by atoms with Gasteiger partial charge in [0.15, 0.2) is 5.96 Å². The SMILES string of the molecule is CCNC(=NCC(O)COc1ccc(F)cc1)NCCc1ccc2c(c1)CCO2.I. The zero-order valence-electron chi connectivity index (χ0n) is 17.1. The number of nitrogens with one attached hydrogen (secondary N) is 2. The molecule has 2 aromatic carbocycles. The summed E-state index contributed by atoms with van der Waals surface area (Å²) in [5.74, 6) is 1.84. The maximum atomic E-state index is 12.9. The van der Waals surface area contributed by atoms with E-state index >= 15 is 0 Å². The zero-order chi connectivity index (χ0) is 20.5. The molecule has 2 aromatic rings. The summed E-state index contributed by atoms with van der Waals surface area (Å²) < 4.78 is 23.9. The summed E-state index contributed by atoms with van der Waals surface area (Å²) in [6.07, 6.45) is 1.08. The van der Waals surface area contributed by atoms with Crippen molar-refractivity contribution in [3.05, 3.63) is 59.4 Å². The first-order valence-electron chi connectivity index (χ1n) is 9.97. The average Bonchev–Trinajstić information content (AvgIpc) is 3.19. The molecule has 1 heterocycles. The van der Waals surface area contributed by atoms with Crippen LogP contribution in [0.1, 0.15) is 18.1 Å². The van der Waals surface area contributed by atoms with E-state index in [2.05, 4.69) is 27.8 Å². The lowest BCUT2D eigenvalue weighted by Gasteiger charge is -2.14. The van der Waals surface area contributed by atoms with Gasteiger partial charge in [-0.2, -0.15) is 0 Å². The highest BCUT2D eigenvalue weighted by atomic mass is 127. The molecular weight excluding hydrogens is 500 g/mol. The van der Waals surface area contributed by atoms with E-state index in [0.717, 1.165) is 38.3 Å². The molecule has 0 saturated heterocycles. The van der Waals surface area contributed by atoms with Gasteiger partial charge in [0, 0.05) is 19.5 Å². The Morgan fingerprint density at radius 1 is 1.23 bits per heavy atom. The number of hydrogen-bond acceptors (Lipinski definition) is 4. The van der Waals surface area contributed by atoms with Crippen LogP contribution in [0.15, 0.2) is 47.5 Å². The van der Waals surface area contributed by atoms with Crippen molar-refractivity contribution < 1.29 is 19.0 Å². The van der Waals surface area contributed by atoms with E-state index in [9.17, 15) is 9.50 Å². The first-order chi connectivity index (χ1) is 14.1. The number of halogens is 2. The van der Waals surface area contributed by atoms with E-state index in [1.807, 2.05) is 13.0 Å². The highest BCUT2D eigenvalue weighted by Crippen LogP contribution is 2.25. The van der Waals surface area contributed by atoms with Crippen molar-refractivity contribution in [3.8, 4) is 11.5 Å². The molecule has 0 aliphatic carbocycles. The third kappa shape index (κ3) is 7.64. The van der Waals surface area contributed by atoms with Crippen LogP contribution in [-0.4, -0.2) is 50.0 Å². The summed E-state index contributed by atoms with van der Waals surface area (Å²) in [6, 6.07) is 12.0. The minimum Gasteiger partial charge on any atom is -0.493 e. The number of fused-ring (bicyclic) bond motifs is 1. The largest absolute Gasteiger partial charge is 0.493 e. The molecule has 3 N–H and O–H groups in total. The van der Waals surface area contributed by atoms with E-state index in [-0.39, 0.29) is 42.9 Å². The maximum absolute atomic E-state index is 12.9. The van der Waals surface area contributed by atoms with Gasteiger partial charge >= 0.3 is 0 Å². The molecule has 6 nitrogen and oxygen atoms in total. The van der Waals surface area contributed by atoms with Crippen molar-refractivity contribution >= 4 is 29.9 Å². The van der Waals surface area contributed by atoms with E-state index in [4.69, 9.17) is 9.47 Å². The Kier molecular flexibility index (Phi) is 10.2. The van der Waals surface area contributed by atoms with Crippen LogP contribution in [0.5, 0.6) is 11.5 Å². The maximum Gasteiger partial charge on any atom is 0.191 e. The molecular formula is C22H29FIN3O3. The van der Waals surface area contributed by atoms with Gasteiger partial charge in [-0.15, -0.1) is 24.0 Å². The fourth-order valence-corrected chi connectivity index (χ4v) is 3.04. The summed E-state index contributed by atoms with van der Waals surface area (Å²) in [7, 11) is 0. The molecule has 0 saturated carbocycles. The van der Waals surface area contributed by atoms with Crippen molar-refractivity contribution in [2.24, 2.45) is 4.99 Å². The van der Waals surface area contributed by atoms with Crippen LogP contribution in [0, 0.1) is 5.82 Å². The number of benzene rings is 2. The lowest BCUT2D eigenvalue weighted by atomic mass is 10.1. The molecule has 0 bridgehead atoms. The molecule has 30 heavy (non-hydrogen) atoms. The number of aliphatic imine (C=N–C) groups is 1. The first-order valence-corrected chi connectivity index (χ1v) is 9.97. The Bertz CT molecular complexity index is 818. The Hall–Kier alpha value is -2.07. The van der Waals surface area contributed by atoms with Gasteiger partial charge in [0.2, 0.25) is 0 Å². The van der Waals surface area contributed by atoms with E-state index in [1.54, 1.807) is 0 Å². The predicted molar refractivity (Wildman–Crippen MR) is 127 cm³/mol. The van der Waals surface area contributed by atoms with Crippen LogP contribution in [0.25, 0.3) is 0 Å². The molecule has 1 aliphatic heterocycles. The predicted octanol–water partition coefficient (Wildman–Crippen LogP) is 2.92. The molecule has 164 valence electrons. The number of nitrogens with zero attached hydrogens (tertiary/aromatic N) is 1. The molecule has 3 rings (SSSR count). The number of aliphatic hydroxyl groups is 1. The molecule has 8 heteroatoms. The van der Waals surface area contributed by atoms with Crippen LogP contribution in [-0.2, 0) is 12.8 Å². The minimum absolute atomic E-state index is 0. The van der Waals surface area contributed by atoms with Crippen molar-refractivity contribution in [2.45, 2.75) is 25.9 Å². The second-order valence-electron chi connectivity index (χ2n) is 6.86. The Morgan fingerprint density at radius 2 is 2.03 bits per heavy atom. The fraction of sp³-hybridized carbons (Fsp3) is 0.409. The Morgan fingerprint density at radius 3 is 2.80 bits per heavy atom. The van der Waals surface area contributed by atoms with Crippen LogP contribution >= 0.6 is 24.0 Å². The van der Waals surface area contributed by atoms with Crippen LogP contribution in [0.2, 0.25) is 0 Å². The smallest absolute Gasteiger partial charge is 0.191 e. The summed E-state index contributed by atoms with van der Waals surface area (Å²) in [6.45, 7) is 4.50. The third-order valence-electron chi connectivity index (χ3n) is 4.52.